The van der Waals surface area contributed by atoms with Crippen molar-refractivity contribution >= 4 is 0 Å². The summed E-state index contributed by atoms with van der Waals surface area (Å²) in [6.45, 7) is 6.30. The van der Waals surface area contributed by atoms with E-state index in [-0.39, 0.29) is 0 Å². The summed E-state index contributed by atoms with van der Waals surface area (Å²) in [5, 5.41) is 5.26. The molecule has 0 unspecified atom stereocenters. The zero-order valence-corrected chi connectivity index (χ0v) is 5.48. The zero-order valence-electron chi connectivity index (χ0n) is 5.48. The number of hydrogen-bond donors (Lipinski definition) is 2. The average Bonchev–Trinajstić information content (AvgIpc) is 1.85. The maximum atomic E-state index is 9.52. The second-order valence-corrected chi connectivity index (χ2v) is 1.61. The normalized spacial score (nSPS) is 8.11. The summed E-state index contributed by atoms with van der Waals surface area (Å²) in [5.74, 6) is 0.451. The van der Waals surface area contributed by atoms with E-state index in [1.54, 1.807) is 0 Å². The first-order valence-corrected chi connectivity index (χ1v) is 2.82. The predicted molar refractivity (Wildman–Crippen MR) is 36.4 cm³/mol. The molecule has 0 saturated carbocycles. The first kappa shape index (κ1) is 7.94. The number of rotatable bonds is 5. The highest BCUT2D eigenvalue weighted by Gasteiger charge is 1.85. The molecule has 0 aromatic rings. The van der Waals surface area contributed by atoms with Crippen molar-refractivity contribution in [2.24, 2.45) is 5.29 Å². The standard InChI is InChI=1S/C5H11N3O/c1-3-4-6-5(2)7-8-9/h6H,2-4H2,1H3,(H,7,9). The molecule has 0 atom stereocenters. The maximum Gasteiger partial charge on any atom is 0.115 e. The molecular weight excluding hydrogens is 118 g/mol. The van der Waals surface area contributed by atoms with Crippen molar-refractivity contribution in [2.75, 3.05) is 6.54 Å². The number of hydrogen-bond acceptors (Lipinski definition) is 3. The summed E-state index contributed by atoms with van der Waals surface area (Å²) in [6, 6.07) is 0. The van der Waals surface area contributed by atoms with E-state index in [2.05, 4.69) is 22.6 Å². The fraction of sp³-hybridized carbons (Fsp3) is 0.600. The molecule has 4 nitrogen and oxygen atoms in total. The topological polar surface area (TPSA) is 53.5 Å². The summed E-state index contributed by atoms with van der Waals surface area (Å²) in [7, 11) is 0. The van der Waals surface area contributed by atoms with Crippen LogP contribution >= 0.6 is 0 Å². The Balaban J connectivity index is 3.16. The maximum absolute atomic E-state index is 9.52. The van der Waals surface area contributed by atoms with E-state index in [0.717, 1.165) is 13.0 Å². The van der Waals surface area contributed by atoms with Crippen LogP contribution in [0, 0.1) is 4.91 Å². The van der Waals surface area contributed by atoms with Gasteiger partial charge in [0.1, 0.15) is 5.82 Å². The summed E-state index contributed by atoms with van der Waals surface area (Å²) < 4.78 is 0. The van der Waals surface area contributed by atoms with Gasteiger partial charge in [0.05, 0.1) is 5.29 Å². The van der Waals surface area contributed by atoms with Crippen molar-refractivity contribution < 1.29 is 0 Å². The lowest BCUT2D eigenvalue weighted by molar-refractivity contribution is 0.693. The first-order valence-electron chi connectivity index (χ1n) is 2.82. The van der Waals surface area contributed by atoms with Crippen molar-refractivity contribution in [1.82, 2.24) is 10.7 Å². The van der Waals surface area contributed by atoms with Gasteiger partial charge in [-0.2, -0.15) is 0 Å². The third-order valence-corrected chi connectivity index (χ3v) is 0.769. The zero-order chi connectivity index (χ0) is 7.11. The molecule has 0 bridgehead atoms. The van der Waals surface area contributed by atoms with Crippen molar-refractivity contribution in [1.29, 1.82) is 0 Å². The summed E-state index contributed by atoms with van der Waals surface area (Å²) in [5.41, 5.74) is 2.14. The van der Waals surface area contributed by atoms with Crippen LogP contribution in [0.5, 0.6) is 0 Å². The first-order chi connectivity index (χ1) is 4.31. The third-order valence-electron chi connectivity index (χ3n) is 0.769. The minimum absolute atomic E-state index is 0.451. The minimum atomic E-state index is 0.451. The van der Waals surface area contributed by atoms with E-state index in [1.165, 1.54) is 0 Å². The second kappa shape index (κ2) is 5.08. The van der Waals surface area contributed by atoms with Crippen LogP contribution in [0.3, 0.4) is 0 Å². The Kier molecular flexibility index (Phi) is 4.49. The van der Waals surface area contributed by atoms with Gasteiger partial charge in [0.2, 0.25) is 0 Å². The molecule has 2 N–H and O–H groups in total. The molecule has 0 aromatic heterocycles. The summed E-state index contributed by atoms with van der Waals surface area (Å²) in [4.78, 5) is 9.52. The van der Waals surface area contributed by atoms with Crippen LogP contribution in [-0.4, -0.2) is 6.54 Å². The molecule has 0 spiro atoms. The monoisotopic (exact) mass is 129 g/mol. The fourth-order valence-corrected chi connectivity index (χ4v) is 0.371. The molecule has 0 rings (SSSR count). The van der Waals surface area contributed by atoms with Crippen molar-refractivity contribution in [3.8, 4) is 0 Å². The molecule has 0 aliphatic heterocycles. The number of nitrogens with one attached hydrogen (secondary N) is 2. The SMILES string of the molecule is C=C(NCCC)NN=O. The predicted octanol–water partition coefficient (Wildman–Crippen LogP) is 0.728. The minimum Gasteiger partial charge on any atom is -0.371 e. The van der Waals surface area contributed by atoms with Crippen molar-refractivity contribution in [3.05, 3.63) is 17.3 Å². The molecule has 52 valence electrons. The number of nitroso groups, excluding NO2 is 1. The smallest absolute Gasteiger partial charge is 0.115 e. The molecule has 0 fully saturated rings. The van der Waals surface area contributed by atoms with Crippen LogP contribution in [-0.2, 0) is 0 Å². The summed E-state index contributed by atoms with van der Waals surface area (Å²) in [6.07, 6.45) is 1.000. The van der Waals surface area contributed by atoms with E-state index in [0.29, 0.717) is 5.82 Å². The molecule has 0 radical (unpaired) electrons. The highest BCUT2D eigenvalue weighted by atomic mass is 16.3. The molecule has 0 aliphatic rings. The van der Waals surface area contributed by atoms with E-state index >= 15 is 0 Å². The van der Waals surface area contributed by atoms with Gasteiger partial charge in [-0.05, 0) is 6.42 Å². The van der Waals surface area contributed by atoms with Crippen molar-refractivity contribution in [2.45, 2.75) is 13.3 Å². The molecule has 4 heteroatoms. The molecule has 9 heavy (non-hydrogen) atoms. The van der Waals surface area contributed by atoms with Gasteiger partial charge >= 0.3 is 0 Å². The lowest BCUT2D eigenvalue weighted by Crippen LogP contribution is -2.21. The molecule has 0 saturated heterocycles. The molecule has 0 aliphatic carbocycles. The fourth-order valence-electron chi connectivity index (χ4n) is 0.371. The van der Waals surface area contributed by atoms with Crippen LogP contribution in [0.15, 0.2) is 17.7 Å². The molecule has 0 amide bonds. The van der Waals surface area contributed by atoms with Gasteiger partial charge in [-0.15, -0.1) is 4.91 Å². The lowest BCUT2D eigenvalue weighted by Gasteiger charge is -2.02. The van der Waals surface area contributed by atoms with E-state index in [4.69, 9.17) is 0 Å². The van der Waals surface area contributed by atoms with Crippen LogP contribution < -0.4 is 10.7 Å². The second-order valence-electron chi connectivity index (χ2n) is 1.61. The van der Waals surface area contributed by atoms with Crippen LogP contribution in [0.2, 0.25) is 0 Å². The van der Waals surface area contributed by atoms with Crippen LogP contribution in [0.4, 0.5) is 0 Å². The van der Waals surface area contributed by atoms with Crippen LogP contribution in [0.25, 0.3) is 0 Å². The van der Waals surface area contributed by atoms with E-state index in [1.807, 2.05) is 6.92 Å². The van der Waals surface area contributed by atoms with Gasteiger partial charge in [0, 0.05) is 6.54 Å². The molecule has 0 aromatic carbocycles. The Bertz CT molecular complexity index is 102. The van der Waals surface area contributed by atoms with Gasteiger partial charge in [-0.25, -0.2) is 5.43 Å². The Morgan fingerprint density at radius 3 is 2.89 bits per heavy atom. The Morgan fingerprint density at radius 2 is 2.44 bits per heavy atom. The van der Waals surface area contributed by atoms with Gasteiger partial charge in [-0.3, -0.25) is 0 Å². The van der Waals surface area contributed by atoms with E-state index in [9.17, 15) is 4.91 Å². The quantitative estimate of drug-likeness (QED) is 0.425. The largest absolute Gasteiger partial charge is 0.371 e. The van der Waals surface area contributed by atoms with Gasteiger partial charge in [0.25, 0.3) is 0 Å². The Morgan fingerprint density at radius 1 is 1.78 bits per heavy atom. The van der Waals surface area contributed by atoms with Gasteiger partial charge in [-0.1, -0.05) is 13.5 Å². The molecular formula is C5H11N3O. The third kappa shape index (κ3) is 4.80. The average molecular weight is 129 g/mol. The Hall–Kier alpha value is -1.06. The lowest BCUT2D eigenvalue weighted by atomic mass is 10.5. The van der Waals surface area contributed by atoms with Crippen LogP contribution in [0.1, 0.15) is 13.3 Å². The summed E-state index contributed by atoms with van der Waals surface area (Å²) >= 11 is 0. The highest BCUT2D eigenvalue weighted by molar-refractivity contribution is 4.84. The number of nitrogens with zero attached hydrogens (tertiary/aromatic N) is 1. The highest BCUT2D eigenvalue weighted by Crippen LogP contribution is 1.76. The van der Waals surface area contributed by atoms with E-state index < -0.39 is 0 Å². The van der Waals surface area contributed by atoms with Gasteiger partial charge in [0.15, 0.2) is 0 Å². The Labute approximate surface area is 54.3 Å². The van der Waals surface area contributed by atoms with Gasteiger partial charge < -0.3 is 5.32 Å². The molecule has 0 heterocycles. The van der Waals surface area contributed by atoms with Crippen molar-refractivity contribution in [3.63, 3.8) is 0 Å².